The molecule has 0 aliphatic heterocycles. The van der Waals surface area contributed by atoms with Gasteiger partial charge in [0.1, 0.15) is 0 Å². The van der Waals surface area contributed by atoms with Crippen molar-refractivity contribution in [3.63, 3.8) is 0 Å². The van der Waals surface area contributed by atoms with Crippen molar-refractivity contribution in [2.75, 3.05) is 6.54 Å². The molecule has 1 rings (SSSR count). The summed E-state index contributed by atoms with van der Waals surface area (Å²) in [5.41, 5.74) is 3.34. The van der Waals surface area contributed by atoms with Crippen LogP contribution in [-0.2, 0) is 0 Å². The lowest BCUT2D eigenvalue weighted by molar-refractivity contribution is 0.431. The van der Waals surface area contributed by atoms with E-state index in [-0.39, 0.29) is 5.54 Å². The van der Waals surface area contributed by atoms with Gasteiger partial charge < -0.3 is 5.32 Å². The highest BCUT2D eigenvalue weighted by Crippen LogP contribution is 2.23. The van der Waals surface area contributed by atoms with Crippen LogP contribution >= 0.6 is 0 Å². The highest BCUT2D eigenvalue weighted by atomic mass is 14.9. The lowest BCUT2D eigenvalue weighted by atomic mass is 10.0. The Morgan fingerprint density at radius 3 is 2.76 bits per heavy atom. The SMILES string of the molecule is CC(=CCCNC(C)(C)C)C1=CCCCCC1. The smallest absolute Gasteiger partial charge is 0.00966 e. The van der Waals surface area contributed by atoms with E-state index in [1.54, 1.807) is 5.57 Å². The van der Waals surface area contributed by atoms with Crippen LogP contribution in [0.4, 0.5) is 0 Å². The molecule has 0 aromatic rings. The van der Waals surface area contributed by atoms with E-state index in [1.165, 1.54) is 37.7 Å². The van der Waals surface area contributed by atoms with Gasteiger partial charge >= 0.3 is 0 Å². The summed E-state index contributed by atoms with van der Waals surface area (Å²) >= 11 is 0. The fourth-order valence-corrected chi connectivity index (χ4v) is 2.24. The van der Waals surface area contributed by atoms with Gasteiger partial charge in [-0.15, -0.1) is 0 Å². The van der Waals surface area contributed by atoms with Crippen LogP contribution in [0, 0.1) is 0 Å². The van der Waals surface area contributed by atoms with Gasteiger partial charge in [-0.05, 0) is 71.9 Å². The Kier molecular flexibility index (Phi) is 5.97. The van der Waals surface area contributed by atoms with Gasteiger partial charge in [0.15, 0.2) is 0 Å². The van der Waals surface area contributed by atoms with Crippen molar-refractivity contribution in [2.45, 2.75) is 71.8 Å². The Morgan fingerprint density at radius 2 is 2.06 bits per heavy atom. The van der Waals surface area contributed by atoms with Gasteiger partial charge in [0.05, 0.1) is 0 Å². The Morgan fingerprint density at radius 1 is 1.29 bits per heavy atom. The van der Waals surface area contributed by atoms with Crippen LogP contribution in [0.25, 0.3) is 0 Å². The number of nitrogens with one attached hydrogen (secondary N) is 1. The third kappa shape index (κ3) is 6.68. The van der Waals surface area contributed by atoms with E-state index in [0.29, 0.717) is 0 Å². The fourth-order valence-electron chi connectivity index (χ4n) is 2.24. The van der Waals surface area contributed by atoms with Crippen LogP contribution < -0.4 is 5.32 Å². The van der Waals surface area contributed by atoms with Crippen molar-refractivity contribution in [3.8, 4) is 0 Å². The zero-order chi connectivity index (χ0) is 12.7. The molecule has 0 aromatic carbocycles. The first-order valence-corrected chi connectivity index (χ1v) is 7.10. The van der Waals surface area contributed by atoms with E-state index in [2.05, 4.69) is 45.2 Å². The molecule has 0 fully saturated rings. The predicted molar refractivity (Wildman–Crippen MR) is 77.3 cm³/mol. The van der Waals surface area contributed by atoms with E-state index in [0.717, 1.165) is 13.0 Å². The summed E-state index contributed by atoms with van der Waals surface area (Å²) in [5.74, 6) is 0. The topological polar surface area (TPSA) is 12.0 Å². The molecule has 1 N–H and O–H groups in total. The monoisotopic (exact) mass is 235 g/mol. The molecule has 1 aliphatic carbocycles. The average molecular weight is 235 g/mol. The molecule has 17 heavy (non-hydrogen) atoms. The zero-order valence-corrected chi connectivity index (χ0v) is 12.1. The van der Waals surface area contributed by atoms with Crippen molar-refractivity contribution < 1.29 is 0 Å². The predicted octanol–water partition coefficient (Wildman–Crippen LogP) is 4.60. The van der Waals surface area contributed by atoms with Crippen LogP contribution in [0.2, 0.25) is 0 Å². The molecule has 1 heteroatoms. The fraction of sp³-hybridized carbons (Fsp3) is 0.750. The molecule has 1 nitrogen and oxygen atoms in total. The molecular formula is C16H29N. The largest absolute Gasteiger partial charge is 0.312 e. The first kappa shape index (κ1) is 14.5. The molecule has 0 bridgehead atoms. The summed E-state index contributed by atoms with van der Waals surface area (Å²) in [6, 6.07) is 0. The minimum absolute atomic E-state index is 0.239. The van der Waals surface area contributed by atoms with E-state index in [9.17, 15) is 0 Å². The maximum Gasteiger partial charge on any atom is 0.00966 e. The standard InChI is InChI=1S/C16H29N/c1-14(10-9-13-17-16(2,3)4)15-11-7-5-6-8-12-15/h10-11,17H,5-9,12-13H2,1-4H3. The molecule has 0 unspecified atom stereocenters. The normalized spacial score (nSPS) is 18.8. The van der Waals surface area contributed by atoms with Crippen molar-refractivity contribution in [2.24, 2.45) is 0 Å². The molecule has 0 aromatic heterocycles. The lowest BCUT2D eigenvalue weighted by Gasteiger charge is -2.20. The third-order valence-corrected chi connectivity index (χ3v) is 3.30. The first-order valence-electron chi connectivity index (χ1n) is 7.10. The zero-order valence-electron chi connectivity index (χ0n) is 12.1. The lowest BCUT2D eigenvalue weighted by Crippen LogP contribution is -2.36. The van der Waals surface area contributed by atoms with Crippen LogP contribution in [0.1, 0.15) is 66.2 Å². The minimum atomic E-state index is 0.239. The van der Waals surface area contributed by atoms with Gasteiger partial charge in [-0.3, -0.25) is 0 Å². The van der Waals surface area contributed by atoms with Crippen molar-refractivity contribution in [3.05, 3.63) is 23.3 Å². The molecule has 0 amide bonds. The van der Waals surface area contributed by atoms with E-state index in [4.69, 9.17) is 0 Å². The molecule has 0 spiro atoms. The highest BCUT2D eigenvalue weighted by molar-refractivity contribution is 5.29. The summed E-state index contributed by atoms with van der Waals surface area (Å²) in [6.45, 7) is 10.0. The molecule has 0 heterocycles. The quantitative estimate of drug-likeness (QED) is 0.702. The van der Waals surface area contributed by atoms with E-state index < -0.39 is 0 Å². The van der Waals surface area contributed by atoms with Crippen LogP contribution in [0.15, 0.2) is 23.3 Å². The van der Waals surface area contributed by atoms with Crippen LogP contribution in [0.3, 0.4) is 0 Å². The van der Waals surface area contributed by atoms with Gasteiger partial charge in [-0.1, -0.05) is 24.1 Å². The summed E-state index contributed by atoms with van der Waals surface area (Å²) in [5, 5.41) is 3.53. The molecule has 0 saturated carbocycles. The van der Waals surface area contributed by atoms with Gasteiger partial charge in [0.2, 0.25) is 0 Å². The van der Waals surface area contributed by atoms with Crippen molar-refractivity contribution >= 4 is 0 Å². The molecule has 0 radical (unpaired) electrons. The number of hydrogen-bond donors (Lipinski definition) is 1. The maximum atomic E-state index is 3.53. The summed E-state index contributed by atoms with van der Waals surface area (Å²) in [7, 11) is 0. The Bertz CT molecular complexity index is 278. The third-order valence-electron chi connectivity index (χ3n) is 3.30. The summed E-state index contributed by atoms with van der Waals surface area (Å²) in [4.78, 5) is 0. The second kappa shape index (κ2) is 7.00. The molecular weight excluding hydrogens is 206 g/mol. The van der Waals surface area contributed by atoms with Gasteiger partial charge in [-0.25, -0.2) is 0 Å². The number of rotatable bonds is 4. The Labute approximate surface area is 107 Å². The van der Waals surface area contributed by atoms with E-state index >= 15 is 0 Å². The minimum Gasteiger partial charge on any atom is -0.312 e. The van der Waals surface area contributed by atoms with E-state index in [1.807, 2.05) is 0 Å². The second-order valence-electron chi connectivity index (χ2n) is 6.18. The van der Waals surface area contributed by atoms with Crippen LogP contribution in [-0.4, -0.2) is 12.1 Å². The van der Waals surface area contributed by atoms with Gasteiger partial charge in [0.25, 0.3) is 0 Å². The van der Waals surface area contributed by atoms with Crippen LogP contribution in [0.5, 0.6) is 0 Å². The van der Waals surface area contributed by atoms with Crippen molar-refractivity contribution in [1.82, 2.24) is 5.32 Å². The Balaban J connectivity index is 2.35. The molecule has 98 valence electrons. The summed E-state index contributed by atoms with van der Waals surface area (Å²) < 4.78 is 0. The molecule has 0 saturated heterocycles. The second-order valence-corrected chi connectivity index (χ2v) is 6.18. The number of allylic oxidation sites excluding steroid dienone is 3. The Hall–Kier alpha value is -0.560. The van der Waals surface area contributed by atoms with Gasteiger partial charge in [-0.2, -0.15) is 0 Å². The maximum absolute atomic E-state index is 3.53. The molecule has 0 atom stereocenters. The van der Waals surface area contributed by atoms with Gasteiger partial charge in [0, 0.05) is 5.54 Å². The first-order chi connectivity index (χ1) is 7.99. The highest BCUT2D eigenvalue weighted by Gasteiger charge is 2.07. The number of hydrogen-bond acceptors (Lipinski definition) is 1. The summed E-state index contributed by atoms with van der Waals surface area (Å²) in [6.07, 6.45) is 12.7. The van der Waals surface area contributed by atoms with Crippen molar-refractivity contribution in [1.29, 1.82) is 0 Å². The average Bonchev–Trinajstić information content (AvgIpc) is 2.51. The molecule has 1 aliphatic rings.